The average Bonchev–Trinajstić information content (AvgIpc) is 2.66. The Balaban J connectivity index is 2.15. The van der Waals surface area contributed by atoms with Gasteiger partial charge in [0.2, 0.25) is 0 Å². The molecule has 2 heterocycles. The summed E-state index contributed by atoms with van der Waals surface area (Å²) in [6.45, 7) is 2.94. The number of hydrogen-bond donors (Lipinski definition) is 0. The molecule has 1 aliphatic rings. The Bertz CT molecular complexity index is 451. The number of nitrogens with zero attached hydrogens (tertiary/aromatic N) is 1. The van der Waals surface area contributed by atoms with Crippen molar-refractivity contribution < 1.29 is 9.53 Å². The normalized spacial score (nSPS) is 24.3. The van der Waals surface area contributed by atoms with Crippen LogP contribution in [0.5, 0.6) is 0 Å². The highest BCUT2D eigenvalue weighted by Crippen LogP contribution is 2.32. The zero-order chi connectivity index (χ0) is 13.3. The van der Waals surface area contributed by atoms with Crippen LogP contribution in [0.4, 0.5) is 0 Å². The number of ether oxygens (including phenoxy) is 1. The van der Waals surface area contributed by atoms with Crippen LogP contribution in [-0.2, 0) is 4.74 Å². The maximum absolute atomic E-state index is 12.3. The highest BCUT2D eigenvalue weighted by Gasteiger charge is 2.30. The number of alkyl halides is 1. The van der Waals surface area contributed by atoms with Crippen LogP contribution >= 0.6 is 46.1 Å². The zero-order valence-corrected chi connectivity index (χ0v) is 12.7. The number of rotatable bonds is 2. The lowest BCUT2D eigenvalue weighted by atomic mass is 10.2. The summed E-state index contributed by atoms with van der Waals surface area (Å²) in [7, 11) is 0. The number of carbonyl (C=O) groups is 1. The molecule has 0 spiro atoms. The first kappa shape index (κ1) is 14.4. The van der Waals surface area contributed by atoms with E-state index in [9.17, 15) is 4.79 Å². The first-order valence-electron chi connectivity index (χ1n) is 5.46. The van der Waals surface area contributed by atoms with E-state index in [0.29, 0.717) is 33.2 Å². The smallest absolute Gasteiger partial charge is 0.256 e. The van der Waals surface area contributed by atoms with E-state index in [-0.39, 0.29) is 18.1 Å². The molecule has 3 nitrogen and oxygen atoms in total. The first-order valence-corrected chi connectivity index (χ1v) is 7.57. The van der Waals surface area contributed by atoms with Gasteiger partial charge in [-0.25, -0.2) is 0 Å². The lowest BCUT2D eigenvalue weighted by Crippen LogP contribution is -2.49. The molecule has 0 radical (unpaired) electrons. The number of thiophene rings is 1. The van der Waals surface area contributed by atoms with Crippen LogP contribution in [0.15, 0.2) is 6.07 Å². The van der Waals surface area contributed by atoms with Gasteiger partial charge in [-0.1, -0.05) is 23.2 Å². The molecule has 1 aromatic heterocycles. The lowest BCUT2D eigenvalue weighted by Gasteiger charge is -2.36. The summed E-state index contributed by atoms with van der Waals surface area (Å²) < 4.78 is 6.54. The minimum atomic E-state index is -0.132. The molecule has 2 unspecified atom stereocenters. The van der Waals surface area contributed by atoms with Crippen molar-refractivity contribution in [2.45, 2.75) is 19.1 Å². The molecule has 0 aromatic carbocycles. The Morgan fingerprint density at radius 3 is 2.83 bits per heavy atom. The molecule has 0 N–H and O–H groups in total. The van der Waals surface area contributed by atoms with E-state index in [1.54, 1.807) is 11.0 Å². The predicted octanol–water partition coefficient (Wildman–Crippen LogP) is 3.52. The molecule has 0 aliphatic carbocycles. The molecule has 1 aliphatic heterocycles. The standard InChI is InChI=1S/C11H12Cl3NO2S/c1-6-4-15(5-7(3-12)17-6)11(16)8-2-9(13)18-10(8)14/h2,6-7H,3-5H2,1H3. The molecule has 1 amide bonds. The van der Waals surface area contributed by atoms with Gasteiger partial charge in [0, 0.05) is 13.1 Å². The number of carbonyl (C=O) groups excluding carboxylic acids is 1. The van der Waals surface area contributed by atoms with Gasteiger partial charge in [-0.2, -0.15) is 0 Å². The lowest BCUT2D eigenvalue weighted by molar-refractivity contribution is -0.0570. The van der Waals surface area contributed by atoms with Crippen LogP contribution in [0.25, 0.3) is 0 Å². The number of hydrogen-bond acceptors (Lipinski definition) is 3. The Morgan fingerprint density at radius 2 is 2.28 bits per heavy atom. The SMILES string of the molecule is CC1CN(C(=O)c2cc(Cl)sc2Cl)CC(CCl)O1. The molecular weight excluding hydrogens is 317 g/mol. The van der Waals surface area contributed by atoms with Crippen molar-refractivity contribution in [2.24, 2.45) is 0 Å². The Morgan fingerprint density at radius 1 is 1.56 bits per heavy atom. The third kappa shape index (κ3) is 3.11. The summed E-state index contributed by atoms with van der Waals surface area (Å²) in [5.41, 5.74) is 0.453. The van der Waals surface area contributed by atoms with Crippen molar-refractivity contribution in [3.05, 3.63) is 20.3 Å². The van der Waals surface area contributed by atoms with E-state index >= 15 is 0 Å². The molecule has 1 aromatic rings. The fourth-order valence-electron chi connectivity index (χ4n) is 1.95. The van der Waals surface area contributed by atoms with Gasteiger partial charge in [0.1, 0.15) is 4.34 Å². The number of halogens is 3. The predicted molar refractivity (Wildman–Crippen MR) is 75.3 cm³/mol. The third-order valence-corrected chi connectivity index (χ3v) is 4.50. The van der Waals surface area contributed by atoms with Crippen molar-refractivity contribution in [2.75, 3.05) is 19.0 Å². The summed E-state index contributed by atoms with van der Waals surface area (Å²) in [4.78, 5) is 14.0. The van der Waals surface area contributed by atoms with Gasteiger partial charge < -0.3 is 9.64 Å². The van der Waals surface area contributed by atoms with Crippen molar-refractivity contribution >= 4 is 52.0 Å². The van der Waals surface area contributed by atoms with Crippen molar-refractivity contribution in [3.63, 3.8) is 0 Å². The van der Waals surface area contributed by atoms with Crippen LogP contribution in [-0.4, -0.2) is 42.0 Å². The van der Waals surface area contributed by atoms with Gasteiger partial charge in [0.05, 0.1) is 28.0 Å². The van der Waals surface area contributed by atoms with E-state index in [1.165, 1.54) is 11.3 Å². The van der Waals surface area contributed by atoms with Crippen molar-refractivity contribution in [1.29, 1.82) is 0 Å². The monoisotopic (exact) mass is 327 g/mol. The van der Waals surface area contributed by atoms with Crippen LogP contribution < -0.4 is 0 Å². The van der Waals surface area contributed by atoms with E-state index in [4.69, 9.17) is 39.5 Å². The molecule has 1 fully saturated rings. The molecule has 100 valence electrons. The highest BCUT2D eigenvalue weighted by molar-refractivity contribution is 7.20. The second kappa shape index (κ2) is 5.97. The molecule has 0 bridgehead atoms. The van der Waals surface area contributed by atoms with E-state index in [0.717, 1.165) is 0 Å². The first-order chi connectivity index (χ1) is 8.51. The van der Waals surface area contributed by atoms with Gasteiger partial charge >= 0.3 is 0 Å². The van der Waals surface area contributed by atoms with Gasteiger partial charge in [0.15, 0.2) is 0 Å². The molecule has 2 rings (SSSR count). The van der Waals surface area contributed by atoms with Crippen LogP contribution in [0, 0.1) is 0 Å². The summed E-state index contributed by atoms with van der Waals surface area (Å²) >= 11 is 18.8. The molecule has 2 atom stereocenters. The fraction of sp³-hybridized carbons (Fsp3) is 0.545. The zero-order valence-electron chi connectivity index (χ0n) is 9.66. The largest absolute Gasteiger partial charge is 0.370 e. The molecular formula is C11H12Cl3NO2S. The Kier molecular flexibility index (Phi) is 4.78. The van der Waals surface area contributed by atoms with Crippen LogP contribution in [0.1, 0.15) is 17.3 Å². The quantitative estimate of drug-likeness (QED) is 0.777. The van der Waals surface area contributed by atoms with Crippen molar-refractivity contribution in [3.8, 4) is 0 Å². The van der Waals surface area contributed by atoms with Gasteiger partial charge in [0.25, 0.3) is 5.91 Å². The molecule has 18 heavy (non-hydrogen) atoms. The summed E-state index contributed by atoms with van der Waals surface area (Å²) in [6.07, 6.45) is -0.161. The topological polar surface area (TPSA) is 29.5 Å². The van der Waals surface area contributed by atoms with Crippen LogP contribution in [0.2, 0.25) is 8.67 Å². The molecule has 1 saturated heterocycles. The number of morpholine rings is 1. The van der Waals surface area contributed by atoms with E-state index < -0.39 is 0 Å². The van der Waals surface area contributed by atoms with Gasteiger partial charge in [-0.05, 0) is 13.0 Å². The Labute approximate surface area is 125 Å². The average molecular weight is 329 g/mol. The van der Waals surface area contributed by atoms with E-state index in [2.05, 4.69) is 0 Å². The van der Waals surface area contributed by atoms with Crippen LogP contribution in [0.3, 0.4) is 0 Å². The summed E-state index contributed by atoms with van der Waals surface area (Å²) in [5, 5.41) is 0. The number of amides is 1. The second-order valence-corrected chi connectivity index (χ2v) is 6.77. The molecule has 0 saturated carbocycles. The summed E-state index contributed by atoms with van der Waals surface area (Å²) in [5.74, 6) is 0.250. The fourth-order valence-corrected chi connectivity index (χ4v) is 3.57. The Hall–Kier alpha value is -0.000000000000000187. The minimum Gasteiger partial charge on any atom is -0.370 e. The van der Waals surface area contributed by atoms with E-state index in [1.807, 2.05) is 6.92 Å². The second-order valence-electron chi connectivity index (χ2n) is 4.17. The van der Waals surface area contributed by atoms with Gasteiger partial charge in [-0.3, -0.25) is 4.79 Å². The van der Waals surface area contributed by atoms with Gasteiger partial charge in [-0.15, -0.1) is 22.9 Å². The summed E-state index contributed by atoms with van der Waals surface area (Å²) in [6, 6.07) is 1.60. The molecule has 7 heteroatoms. The highest BCUT2D eigenvalue weighted by atomic mass is 35.5. The third-order valence-electron chi connectivity index (χ3n) is 2.67. The maximum Gasteiger partial charge on any atom is 0.256 e. The minimum absolute atomic E-state index is 0.0284. The van der Waals surface area contributed by atoms with Crippen molar-refractivity contribution in [1.82, 2.24) is 4.90 Å². The maximum atomic E-state index is 12.3.